The number of hydrogen-bond acceptors (Lipinski definition) is 6. The van der Waals surface area contributed by atoms with Crippen molar-refractivity contribution in [3.8, 4) is 11.5 Å². The third kappa shape index (κ3) is 6.63. The Morgan fingerprint density at radius 2 is 2.00 bits per heavy atom. The molecule has 0 heterocycles. The zero-order valence-corrected chi connectivity index (χ0v) is 15.2. The monoisotopic (exact) mass is 373 g/mol. The normalized spacial score (nSPS) is 10.3. The standard InChI is InChI=1S/C20H23NO6/c1-3-19(22)26-13-12-24-11-10-21-20(23)27-18-7-5-6-15-14-16(25-4-2)8-9-17(15)18/h3,5-9,14H,1,4,10-13H2,2H3,(H,21,23). The molecule has 2 rings (SSSR count). The van der Waals surface area contributed by atoms with E-state index < -0.39 is 12.1 Å². The molecule has 0 unspecified atom stereocenters. The predicted molar refractivity (Wildman–Crippen MR) is 101 cm³/mol. The van der Waals surface area contributed by atoms with Crippen LogP contribution >= 0.6 is 0 Å². The van der Waals surface area contributed by atoms with Crippen molar-refractivity contribution < 1.29 is 28.5 Å². The number of nitrogens with one attached hydrogen (secondary N) is 1. The Kier molecular flexibility index (Phi) is 8.12. The number of benzene rings is 2. The second-order valence-electron chi connectivity index (χ2n) is 5.37. The molecule has 2 aromatic rings. The van der Waals surface area contributed by atoms with Crippen molar-refractivity contribution in [2.45, 2.75) is 6.92 Å². The maximum absolute atomic E-state index is 11.9. The van der Waals surface area contributed by atoms with Crippen molar-refractivity contribution in [3.05, 3.63) is 49.1 Å². The van der Waals surface area contributed by atoms with Crippen LogP contribution in [0, 0.1) is 0 Å². The van der Waals surface area contributed by atoms with E-state index in [4.69, 9.17) is 18.9 Å². The number of esters is 1. The SMILES string of the molecule is C=CC(=O)OCCOCCNC(=O)Oc1cccc2cc(OCC)ccc12. The van der Waals surface area contributed by atoms with Gasteiger partial charge in [0.1, 0.15) is 18.1 Å². The van der Waals surface area contributed by atoms with Crippen molar-refractivity contribution in [2.75, 3.05) is 33.0 Å². The lowest BCUT2D eigenvalue weighted by molar-refractivity contribution is -0.139. The Labute approximate surface area is 157 Å². The van der Waals surface area contributed by atoms with Gasteiger partial charge >= 0.3 is 12.1 Å². The fraction of sp³-hybridized carbons (Fsp3) is 0.300. The molecule has 0 aliphatic carbocycles. The van der Waals surface area contributed by atoms with Crippen molar-refractivity contribution in [3.63, 3.8) is 0 Å². The van der Waals surface area contributed by atoms with Crippen LogP contribution in [-0.4, -0.2) is 45.0 Å². The molecule has 7 nitrogen and oxygen atoms in total. The molecule has 0 spiro atoms. The fourth-order valence-electron chi connectivity index (χ4n) is 2.30. The third-order valence-electron chi connectivity index (χ3n) is 3.48. The molecule has 0 radical (unpaired) electrons. The summed E-state index contributed by atoms with van der Waals surface area (Å²) in [6.07, 6.45) is 0.515. The van der Waals surface area contributed by atoms with Gasteiger partial charge in [-0.15, -0.1) is 0 Å². The van der Waals surface area contributed by atoms with Crippen LogP contribution in [0.2, 0.25) is 0 Å². The number of carbonyl (C=O) groups is 2. The lowest BCUT2D eigenvalue weighted by Gasteiger charge is -2.10. The summed E-state index contributed by atoms with van der Waals surface area (Å²) in [5, 5.41) is 4.34. The zero-order chi connectivity index (χ0) is 19.5. The van der Waals surface area contributed by atoms with E-state index in [1.54, 1.807) is 6.07 Å². The summed E-state index contributed by atoms with van der Waals surface area (Å²) in [5.41, 5.74) is 0. The van der Waals surface area contributed by atoms with Crippen LogP contribution in [-0.2, 0) is 14.3 Å². The quantitative estimate of drug-likeness (QED) is 0.391. The van der Waals surface area contributed by atoms with Crippen LogP contribution in [0.1, 0.15) is 6.92 Å². The first-order valence-corrected chi connectivity index (χ1v) is 8.62. The van der Waals surface area contributed by atoms with E-state index in [0.717, 1.165) is 22.6 Å². The second kappa shape index (κ2) is 10.8. The number of amides is 1. The van der Waals surface area contributed by atoms with Crippen LogP contribution in [0.4, 0.5) is 4.79 Å². The minimum absolute atomic E-state index is 0.134. The molecular weight excluding hydrogens is 350 g/mol. The van der Waals surface area contributed by atoms with Crippen LogP contribution in [0.25, 0.3) is 10.8 Å². The Hall–Kier alpha value is -3.06. The molecule has 1 amide bonds. The van der Waals surface area contributed by atoms with E-state index in [9.17, 15) is 9.59 Å². The topological polar surface area (TPSA) is 83.1 Å². The van der Waals surface area contributed by atoms with E-state index in [1.807, 2.05) is 37.3 Å². The minimum atomic E-state index is -0.571. The van der Waals surface area contributed by atoms with Crippen molar-refractivity contribution in [1.82, 2.24) is 5.32 Å². The second-order valence-corrected chi connectivity index (χ2v) is 5.37. The summed E-state index contributed by atoms with van der Waals surface area (Å²) >= 11 is 0. The molecule has 1 N–H and O–H groups in total. The van der Waals surface area contributed by atoms with Gasteiger partial charge in [0.2, 0.25) is 0 Å². The summed E-state index contributed by atoms with van der Waals surface area (Å²) in [7, 11) is 0. The summed E-state index contributed by atoms with van der Waals surface area (Å²) in [4.78, 5) is 22.8. The van der Waals surface area contributed by atoms with Crippen LogP contribution in [0.3, 0.4) is 0 Å². The van der Waals surface area contributed by atoms with Gasteiger partial charge in [-0.3, -0.25) is 0 Å². The Balaban J connectivity index is 1.77. The van der Waals surface area contributed by atoms with Crippen molar-refractivity contribution in [1.29, 1.82) is 0 Å². The van der Waals surface area contributed by atoms with Crippen LogP contribution in [0.15, 0.2) is 49.1 Å². The van der Waals surface area contributed by atoms with Gasteiger partial charge < -0.3 is 24.3 Å². The lowest BCUT2D eigenvalue weighted by atomic mass is 10.1. The number of carbonyl (C=O) groups excluding carboxylic acids is 2. The van der Waals surface area contributed by atoms with Gasteiger partial charge in [0.25, 0.3) is 0 Å². The van der Waals surface area contributed by atoms with Gasteiger partial charge in [-0.2, -0.15) is 0 Å². The highest BCUT2D eigenvalue weighted by atomic mass is 16.6. The third-order valence-corrected chi connectivity index (χ3v) is 3.48. The van der Waals surface area contributed by atoms with Gasteiger partial charge in [-0.05, 0) is 36.6 Å². The van der Waals surface area contributed by atoms with E-state index >= 15 is 0 Å². The number of hydrogen-bond donors (Lipinski definition) is 1. The molecule has 0 saturated heterocycles. The van der Waals surface area contributed by atoms with E-state index in [2.05, 4.69) is 11.9 Å². The fourth-order valence-corrected chi connectivity index (χ4v) is 2.30. The molecule has 0 bridgehead atoms. The Morgan fingerprint density at radius 3 is 2.78 bits per heavy atom. The zero-order valence-electron chi connectivity index (χ0n) is 15.2. The predicted octanol–water partition coefficient (Wildman–Crippen LogP) is 3.07. The molecule has 0 aliphatic heterocycles. The number of rotatable bonds is 10. The molecule has 2 aromatic carbocycles. The largest absolute Gasteiger partial charge is 0.494 e. The van der Waals surface area contributed by atoms with Crippen molar-refractivity contribution in [2.24, 2.45) is 0 Å². The van der Waals surface area contributed by atoms with E-state index in [0.29, 0.717) is 12.4 Å². The first kappa shape index (κ1) is 20.3. The molecule has 0 aromatic heterocycles. The van der Waals surface area contributed by atoms with Gasteiger partial charge in [0.15, 0.2) is 0 Å². The Morgan fingerprint density at radius 1 is 1.15 bits per heavy atom. The van der Waals surface area contributed by atoms with Gasteiger partial charge in [0, 0.05) is 18.0 Å². The first-order valence-electron chi connectivity index (χ1n) is 8.62. The highest BCUT2D eigenvalue weighted by Gasteiger charge is 2.08. The van der Waals surface area contributed by atoms with Crippen LogP contribution in [0.5, 0.6) is 11.5 Å². The molecule has 0 saturated carbocycles. The smallest absolute Gasteiger partial charge is 0.412 e. The summed E-state index contributed by atoms with van der Waals surface area (Å²) < 4.78 is 20.9. The van der Waals surface area contributed by atoms with Crippen LogP contribution < -0.4 is 14.8 Å². The average molecular weight is 373 g/mol. The van der Waals surface area contributed by atoms with Gasteiger partial charge in [-0.1, -0.05) is 18.7 Å². The molecule has 0 atom stereocenters. The summed E-state index contributed by atoms with van der Waals surface area (Å²) in [5.74, 6) is 0.733. The molecule has 0 aliphatic rings. The number of fused-ring (bicyclic) bond motifs is 1. The molecule has 0 fully saturated rings. The molecule has 7 heteroatoms. The highest BCUT2D eigenvalue weighted by Crippen LogP contribution is 2.28. The first-order chi connectivity index (χ1) is 13.1. The summed E-state index contributed by atoms with van der Waals surface area (Å²) in [6, 6.07) is 11.1. The van der Waals surface area contributed by atoms with Crippen molar-refractivity contribution >= 4 is 22.8 Å². The van der Waals surface area contributed by atoms with E-state index in [-0.39, 0.29) is 26.4 Å². The average Bonchev–Trinajstić information content (AvgIpc) is 2.67. The lowest BCUT2D eigenvalue weighted by Crippen LogP contribution is -2.30. The molecular formula is C20H23NO6. The van der Waals surface area contributed by atoms with Gasteiger partial charge in [0.05, 0.1) is 19.8 Å². The minimum Gasteiger partial charge on any atom is -0.494 e. The maximum atomic E-state index is 11.9. The van der Waals surface area contributed by atoms with Gasteiger partial charge in [-0.25, -0.2) is 9.59 Å². The summed E-state index contributed by atoms with van der Waals surface area (Å²) in [6.45, 7) is 6.71. The Bertz CT molecular complexity index is 789. The molecule has 144 valence electrons. The maximum Gasteiger partial charge on any atom is 0.412 e. The van der Waals surface area contributed by atoms with E-state index in [1.165, 1.54) is 0 Å². The molecule has 27 heavy (non-hydrogen) atoms. The highest BCUT2D eigenvalue weighted by molar-refractivity contribution is 5.91. The number of ether oxygens (including phenoxy) is 4.